The Bertz CT molecular complexity index is 1140. The van der Waals surface area contributed by atoms with Crippen molar-refractivity contribution in [3.8, 4) is 17.2 Å². The van der Waals surface area contributed by atoms with Crippen molar-refractivity contribution in [2.45, 2.75) is 43.7 Å². The average molecular weight is 424 g/mol. The summed E-state index contributed by atoms with van der Waals surface area (Å²) in [7, 11) is -3.64. The van der Waals surface area contributed by atoms with E-state index >= 15 is 0 Å². The first-order valence-corrected chi connectivity index (χ1v) is 11.4. The maximum Gasteiger partial charge on any atom is 0.240 e. The maximum absolute atomic E-state index is 12.8. The second kappa shape index (κ2) is 8.13. The molecule has 0 aromatic heterocycles. The van der Waals surface area contributed by atoms with Crippen LogP contribution < -0.4 is 14.2 Å². The molecule has 1 aliphatic heterocycles. The molecule has 1 heterocycles. The number of fused-ring (bicyclic) bond motifs is 1. The topological polar surface area (TPSA) is 64.6 Å². The van der Waals surface area contributed by atoms with Crippen molar-refractivity contribution in [2.75, 3.05) is 0 Å². The van der Waals surface area contributed by atoms with Gasteiger partial charge < -0.3 is 9.47 Å². The highest BCUT2D eigenvalue weighted by molar-refractivity contribution is 7.89. The Balaban J connectivity index is 1.45. The van der Waals surface area contributed by atoms with Crippen LogP contribution in [0.4, 0.5) is 0 Å². The van der Waals surface area contributed by atoms with Crippen molar-refractivity contribution in [3.63, 3.8) is 0 Å². The van der Waals surface area contributed by atoms with E-state index in [1.165, 1.54) is 0 Å². The van der Waals surface area contributed by atoms with Crippen molar-refractivity contribution in [1.29, 1.82) is 0 Å². The largest absolute Gasteiger partial charge is 0.488 e. The van der Waals surface area contributed by atoms with Gasteiger partial charge in [0.25, 0.3) is 0 Å². The number of benzene rings is 3. The second-order valence-corrected chi connectivity index (χ2v) is 9.79. The van der Waals surface area contributed by atoms with E-state index in [0.29, 0.717) is 5.75 Å². The number of para-hydroxylation sites is 1. The Morgan fingerprint density at radius 1 is 0.967 bits per heavy atom. The molecule has 3 aromatic carbocycles. The molecule has 0 atom stereocenters. The maximum atomic E-state index is 12.8. The van der Waals surface area contributed by atoms with E-state index in [-0.39, 0.29) is 17.0 Å². The first-order valence-electron chi connectivity index (χ1n) is 9.94. The van der Waals surface area contributed by atoms with Crippen molar-refractivity contribution in [2.24, 2.45) is 0 Å². The number of hydrogen-bond donors (Lipinski definition) is 1. The Labute approximate surface area is 177 Å². The molecule has 0 saturated heterocycles. The average Bonchev–Trinajstić information content (AvgIpc) is 2.72. The lowest BCUT2D eigenvalue weighted by atomic mass is 9.94. The standard InChI is InChI=1S/C24H25NO4S/c1-24(2)14-13-19-16-22(11-12-23(19)29-24)30(26,27)25-17-18-7-6-10-21(15-18)28-20-8-4-3-5-9-20/h3-12,15-16,25H,13-14,17H2,1-2H3. The predicted molar refractivity (Wildman–Crippen MR) is 116 cm³/mol. The van der Waals surface area contributed by atoms with Crippen molar-refractivity contribution >= 4 is 10.0 Å². The van der Waals surface area contributed by atoms with Crippen LogP contribution in [-0.2, 0) is 23.0 Å². The summed E-state index contributed by atoms with van der Waals surface area (Å²) >= 11 is 0. The zero-order valence-electron chi connectivity index (χ0n) is 17.1. The number of nitrogens with one attached hydrogen (secondary N) is 1. The third kappa shape index (κ3) is 4.83. The van der Waals surface area contributed by atoms with Gasteiger partial charge in [-0.15, -0.1) is 0 Å². The highest BCUT2D eigenvalue weighted by Gasteiger charge is 2.27. The van der Waals surface area contributed by atoms with Crippen LogP contribution in [0.5, 0.6) is 17.2 Å². The summed E-state index contributed by atoms with van der Waals surface area (Å²) in [6, 6.07) is 21.9. The summed E-state index contributed by atoms with van der Waals surface area (Å²) in [5.74, 6) is 2.15. The molecule has 6 heteroatoms. The lowest BCUT2D eigenvalue weighted by molar-refractivity contribution is 0.0845. The molecule has 0 unspecified atom stereocenters. The number of ether oxygens (including phenoxy) is 2. The fourth-order valence-corrected chi connectivity index (χ4v) is 4.48. The fraction of sp³-hybridized carbons (Fsp3) is 0.250. The third-order valence-electron chi connectivity index (χ3n) is 5.07. The lowest BCUT2D eigenvalue weighted by Gasteiger charge is -2.32. The van der Waals surface area contributed by atoms with Gasteiger partial charge >= 0.3 is 0 Å². The first kappa shape index (κ1) is 20.4. The van der Waals surface area contributed by atoms with Gasteiger partial charge in [-0.25, -0.2) is 13.1 Å². The summed E-state index contributed by atoms with van der Waals surface area (Å²) in [6.45, 7) is 4.25. The zero-order chi connectivity index (χ0) is 21.2. The van der Waals surface area contributed by atoms with E-state index in [0.717, 1.165) is 35.5 Å². The molecule has 0 bridgehead atoms. The van der Waals surface area contributed by atoms with Crippen molar-refractivity contribution in [1.82, 2.24) is 4.72 Å². The van der Waals surface area contributed by atoms with Crippen LogP contribution >= 0.6 is 0 Å². The van der Waals surface area contributed by atoms with Gasteiger partial charge in [-0.3, -0.25) is 0 Å². The zero-order valence-corrected chi connectivity index (χ0v) is 17.9. The van der Waals surface area contributed by atoms with Crippen LogP contribution in [0.3, 0.4) is 0 Å². The van der Waals surface area contributed by atoms with Crippen LogP contribution in [0, 0.1) is 0 Å². The number of hydrogen-bond acceptors (Lipinski definition) is 4. The molecule has 30 heavy (non-hydrogen) atoms. The second-order valence-electron chi connectivity index (χ2n) is 8.02. The molecule has 3 aromatic rings. The smallest absolute Gasteiger partial charge is 0.240 e. The molecular weight excluding hydrogens is 398 g/mol. The van der Waals surface area contributed by atoms with Gasteiger partial charge in [-0.1, -0.05) is 30.3 Å². The molecule has 1 N–H and O–H groups in total. The summed E-state index contributed by atoms with van der Waals surface area (Å²) in [5, 5.41) is 0. The molecule has 0 fully saturated rings. The molecule has 156 valence electrons. The third-order valence-corrected chi connectivity index (χ3v) is 6.47. The number of sulfonamides is 1. The molecule has 0 aliphatic carbocycles. The normalized spacial score (nSPS) is 15.1. The molecule has 1 aliphatic rings. The van der Waals surface area contributed by atoms with Gasteiger partial charge in [-0.05, 0) is 80.3 Å². The number of aryl methyl sites for hydroxylation is 1. The van der Waals surface area contributed by atoms with E-state index in [1.54, 1.807) is 18.2 Å². The van der Waals surface area contributed by atoms with Gasteiger partial charge in [0.15, 0.2) is 0 Å². The molecule has 0 spiro atoms. The molecule has 5 nitrogen and oxygen atoms in total. The molecule has 0 saturated carbocycles. The molecule has 4 rings (SSSR count). The van der Waals surface area contributed by atoms with Crippen molar-refractivity contribution < 1.29 is 17.9 Å². The van der Waals surface area contributed by atoms with Gasteiger partial charge in [0.05, 0.1) is 4.90 Å². The van der Waals surface area contributed by atoms with Crippen LogP contribution in [-0.4, -0.2) is 14.0 Å². The van der Waals surface area contributed by atoms with Gasteiger partial charge in [0, 0.05) is 6.54 Å². The van der Waals surface area contributed by atoms with Crippen LogP contribution in [0.2, 0.25) is 0 Å². The monoisotopic (exact) mass is 423 g/mol. The van der Waals surface area contributed by atoms with Crippen LogP contribution in [0.1, 0.15) is 31.4 Å². The minimum Gasteiger partial charge on any atom is -0.488 e. The minimum absolute atomic E-state index is 0.176. The van der Waals surface area contributed by atoms with E-state index in [9.17, 15) is 8.42 Å². The Kier molecular flexibility index (Phi) is 5.54. The quantitative estimate of drug-likeness (QED) is 0.602. The highest BCUT2D eigenvalue weighted by atomic mass is 32.2. The lowest BCUT2D eigenvalue weighted by Crippen LogP contribution is -2.32. The van der Waals surface area contributed by atoms with E-state index in [2.05, 4.69) is 4.72 Å². The molecule has 0 amide bonds. The van der Waals surface area contributed by atoms with Gasteiger partial charge in [0.1, 0.15) is 22.8 Å². The van der Waals surface area contributed by atoms with E-state index < -0.39 is 10.0 Å². The van der Waals surface area contributed by atoms with E-state index in [4.69, 9.17) is 9.47 Å². The summed E-state index contributed by atoms with van der Waals surface area (Å²) < 4.78 is 40.1. The first-order chi connectivity index (χ1) is 14.3. The summed E-state index contributed by atoms with van der Waals surface area (Å²) in [5.41, 5.74) is 1.52. The van der Waals surface area contributed by atoms with Crippen LogP contribution in [0.15, 0.2) is 77.7 Å². The Morgan fingerprint density at radius 2 is 1.73 bits per heavy atom. The minimum atomic E-state index is -3.64. The summed E-state index contributed by atoms with van der Waals surface area (Å²) in [6.07, 6.45) is 1.65. The van der Waals surface area contributed by atoms with Crippen LogP contribution in [0.25, 0.3) is 0 Å². The molecular formula is C24H25NO4S. The fourth-order valence-electron chi connectivity index (χ4n) is 3.41. The van der Waals surface area contributed by atoms with E-state index in [1.807, 2.05) is 68.4 Å². The molecule has 0 radical (unpaired) electrons. The predicted octanol–water partition coefficient (Wildman–Crippen LogP) is 5.06. The Morgan fingerprint density at radius 3 is 2.53 bits per heavy atom. The SMILES string of the molecule is CC1(C)CCc2cc(S(=O)(=O)NCc3cccc(Oc4ccccc4)c3)ccc2O1. The summed E-state index contributed by atoms with van der Waals surface area (Å²) in [4.78, 5) is 0.251. The Hall–Kier alpha value is -2.83. The number of rotatable bonds is 6. The highest BCUT2D eigenvalue weighted by Crippen LogP contribution is 2.34. The van der Waals surface area contributed by atoms with Crippen molar-refractivity contribution in [3.05, 3.63) is 83.9 Å². The van der Waals surface area contributed by atoms with Gasteiger partial charge in [0.2, 0.25) is 10.0 Å². The van der Waals surface area contributed by atoms with Gasteiger partial charge in [-0.2, -0.15) is 0 Å².